The number of ether oxygens (including phenoxy) is 1. The Morgan fingerprint density at radius 1 is 0.351 bits per heavy atom. The maximum Gasteiger partial charge on any atom is 0.137 e. The van der Waals surface area contributed by atoms with Gasteiger partial charge in [-0.05, 0) is 109 Å². The third-order valence-corrected chi connectivity index (χ3v) is 12.0. The summed E-state index contributed by atoms with van der Waals surface area (Å²) in [5.41, 5.74) is 17.6. The first kappa shape index (κ1) is 33.2. The maximum atomic E-state index is 7.16. The zero-order valence-corrected chi connectivity index (χ0v) is 31.9. The minimum atomic E-state index is -0.138. The second kappa shape index (κ2) is 13.0. The summed E-state index contributed by atoms with van der Waals surface area (Å²) >= 11 is 0. The molecule has 0 radical (unpaired) electrons. The van der Waals surface area contributed by atoms with E-state index in [1.54, 1.807) is 0 Å². The lowest BCUT2D eigenvalue weighted by Crippen LogP contribution is -2.16. The lowest BCUT2D eigenvalue weighted by molar-refractivity contribution is 0.488. The first-order valence-electron chi connectivity index (χ1n) is 19.8. The molecule has 0 atom stereocenters. The third kappa shape index (κ3) is 5.40. The lowest BCUT2D eigenvalue weighted by atomic mass is 9.82. The number of rotatable bonds is 5. The van der Waals surface area contributed by atoms with Crippen LogP contribution in [0.5, 0.6) is 11.5 Å². The van der Waals surface area contributed by atoms with Crippen LogP contribution >= 0.6 is 0 Å². The summed E-state index contributed by atoms with van der Waals surface area (Å²) in [6.07, 6.45) is 0. The Morgan fingerprint density at radius 3 is 1.72 bits per heavy atom. The zero-order valence-electron chi connectivity index (χ0n) is 31.9. The number of nitrogens with zero attached hydrogens (tertiary/aromatic N) is 1. The molecule has 0 fully saturated rings. The fourth-order valence-corrected chi connectivity index (χ4v) is 9.23. The molecule has 57 heavy (non-hydrogen) atoms. The van der Waals surface area contributed by atoms with Gasteiger partial charge in [0.15, 0.2) is 0 Å². The minimum absolute atomic E-state index is 0.138. The molecule has 1 aliphatic carbocycles. The summed E-state index contributed by atoms with van der Waals surface area (Å²) in [5.74, 6) is 1.68. The largest absolute Gasteiger partial charge is 0.456 e. The van der Waals surface area contributed by atoms with Gasteiger partial charge in [0.25, 0.3) is 0 Å². The molecule has 0 saturated carbocycles. The number of anilines is 3. The summed E-state index contributed by atoms with van der Waals surface area (Å²) in [6.45, 7) is 4.70. The van der Waals surface area contributed by atoms with Crippen molar-refractivity contribution in [2.45, 2.75) is 19.3 Å². The van der Waals surface area contributed by atoms with E-state index in [4.69, 9.17) is 4.74 Å². The van der Waals surface area contributed by atoms with Gasteiger partial charge in [0.05, 0.1) is 0 Å². The average Bonchev–Trinajstić information content (AvgIpc) is 3.40. The second-order valence-electron chi connectivity index (χ2n) is 15.7. The van der Waals surface area contributed by atoms with Crippen LogP contribution in [-0.2, 0) is 5.41 Å². The molecule has 11 rings (SSSR count). The van der Waals surface area contributed by atoms with Crippen LogP contribution in [0.2, 0.25) is 0 Å². The van der Waals surface area contributed by atoms with Crippen molar-refractivity contribution in [2.24, 2.45) is 0 Å². The maximum absolute atomic E-state index is 7.16. The van der Waals surface area contributed by atoms with Crippen molar-refractivity contribution >= 4 is 27.8 Å². The van der Waals surface area contributed by atoms with Gasteiger partial charge in [-0.15, -0.1) is 0 Å². The lowest BCUT2D eigenvalue weighted by Gasteiger charge is -2.29. The van der Waals surface area contributed by atoms with Crippen LogP contribution < -0.4 is 9.64 Å². The summed E-state index contributed by atoms with van der Waals surface area (Å²) in [6, 6.07) is 72.6. The average molecular weight is 730 g/mol. The first-order chi connectivity index (χ1) is 28.0. The zero-order chi connectivity index (χ0) is 38.1. The molecule has 1 heterocycles. The van der Waals surface area contributed by atoms with E-state index >= 15 is 0 Å². The van der Waals surface area contributed by atoms with E-state index in [2.05, 4.69) is 219 Å². The normalized spacial score (nSPS) is 13.0. The molecule has 0 saturated heterocycles. The van der Waals surface area contributed by atoms with Crippen molar-refractivity contribution in [1.29, 1.82) is 0 Å². The van der Waals surface area contributed by atoms with Crippen molar-refractivity contribution in [3.05, 3.63) is 211 Å². The molecule has 270 valence electrons. The molecule has 0 N–H and O–H groups in total. The predicted molar refractivity (Wildman–Crippen MR) is 238 cm³/mol. The van der Waals surface area contributed by atoms with Crippen LogP contribution in [0.1, 0.15) is 25.0 Å². The minimum Gasteiger partial charge on any atom is -0.456 e. The van der Waals surface area contributed by atoms with E-state index in [1.807, 2.05) is 0 Å². The molecule has 0 amide bonds. The highest BCUT2D eigenvalue weighted by Crippen LogP contribution is 2.54. The molecular weight excluding hydrogens is 691 g/mol. The van der Waals surface area contributed by atoms with E-state index in [0.717, 1.165) is 50.6 Å². The van der Waals surface area contributed by atoms with Gasteiger partial charge in [0.2, 0.25) is 0 Å². The highest BCUT2D eigenvalue weighted by molar-refractivity contribution is 6.02. The quantitative estimate of drug-likeness (QED) is 0.175. The van der Waals surface area contributed by atoms with Gasteiger partial charge in [-0.2, -0.15) is 0 Å². The molecule has 9 aromatic rings. The first-order valence-corrected chi connectivity index (χ1v) is 19.8. The Bertz CT molecular complexity index is 3020. The molecule has 0 bridgehead atoms. The topological polar surface area (TPSA) is 12.5 Å². The summed E-state index contributed by atoms with van der Waals surface area (Å²) in [4.78, 5) is 2.39. The van der Waals surface area contributed by atoms with Crippen molar-refractivity contribution in [2.75, 3.05) is 4.90 Å². The van der Waals surface area contributed by atoms with Gasteiger partial charge < -0.3 is 9.64 Å². The Labute approximate surface area is 333 Å². The monoisotopic (exact) mass is 729 g/mol. The Balaban J connectivity index is 1.14. The molecule has 0 spiro atoms. The molecule has 1 aliphatic heterocycles. The van der Waals surface area contributed by atoms with Crippen LogP contribution in [0.4, 0.5) is 17.1 Å². The van der Waals surface area contributed by atoms with Gasteiger partial charge in [-0.3, -0.25) is 0 Å². The highest BCUT2D eigenvalue weighted by atomic mass is 16.5. The molecular formula is C55H39NO. The van der Waals surface area contributed by atoms with Crippen LogP contribution in [0.25, 0.3) is 66.4 Å². The Hall–Kier alpha value is -7.16. The number of hydrogen-bond acceptors (Lipinski definition) is 2. The molecule has 9 aromatic carbocycles. The summed E-state index contributed by atoms with van der Waals surface area (Å²) in [7, 11) is 0. The number of hydrogen-bond donors (Lipinski definition) is 0. The molecule has 0 unspecified atom stereocenters. The molecule has 2 heteroatoms. The van der Waals surface area contributed by atoms with Gasteiger partial charge in [-0.25, -0.2) is 0 Å². The molecule has 0 aromatic heterocycles. The van der Waals surface area contributed by atoms with E-state index in [1.165, 1.54) is 55.5 Å². The van der Waals surface area contributed by atoms with Crippen LogP contribution in [0, 0.1) is 0 Å². The van der Waals surface area contributed by atoms with Crippen molar-refractivity contribution in [3.8, 4) is 67.1 Å². The summed E-state index contributed by atoms with van der Waals surface area (Å²) < 4.78 is 7.16. The Kier molecular flexibility index (Phi) is 7.55. The smallest absolute Gasteiger partial charge is 0.137 e. The van der Waals surface area contributed by atoms with Gasteiger partial charge in [0, 0.05) is 45.2 Å². The second-order valence-corrected chi connectivity index (χ2v) is 15.7. The fourth-order valence-electron chi connectivity index (χ4n) is 9.23. The number of fused-ring (bicyclic) bond motifs is 9. The van der Waals surface area contributed by atoms with Gasteiger partial charge >= 0.3 is 0 Å². The van der Waals surface area contributed by atoms with E-state index in [-0.39, 0.29) is 5.41 Å². The molecule has 2 aliphatic rings. The van der Waals surface area contributed by atoms with Gasteiger partial charge in [-0.1, -0.05) is 159 Å². The van der Waals surface area contributed by atoms with Crippen molar-refractivity contribution in [3.63, 3.8) is 0 Å². The Morgan fingerprint density at radius 2 is 0.912 bits per heavy atom. The van der Waals surface area contributed by atoms with Crippen molar-refractivity contribution < 1.29 is 4.74 Å². The van der Waals surface area contributed by atoms with E-state index in [9.17, 15) is 0 Å². The van der Waals surface area contributed by atoms with Gasteiger partial charge in [0.1, 0.15) is 11.5 Å². The fraction of sp³-hybridized carbons (Fsp3) is 0.0545. The summed E-state index contributed by atoms with van der Waals surface area (Å²) in [5, 5.41) is 2.34. The SMILES string of the molecule is CC1(C)c2ccccc2-c2ccc(N(c3cccc(-c4ccccc4)c3)c3ccc4c(c3)Oc3cc5ccccc5cc3-c3cccc(-c5ccccc5)c3-4)cc21. The van der Waals surface area contributed by atoms with Crippen LogP contribution in [-0.4, -0.2) is 0 Å². The van der Waals surface area contributed by atoms with Crippen molar-refractivity contribution in [1.82, 2.24) is 0 Å². The standard InChI is InChI=1S/C55H39NO/c1-55(2)50-26-12-11-23-45(50)46-29-27-42(34-51(46)55)56(41-22-13-21-38(31-41)36-15-5-3-6-16-36)43-28-30-48-53(35-43)57-52-33-40-20-10-9-19-39(40)32-49(52)47-25-14-24-44(54(47)48)37-17-7-4-8-18-37/h3-35H,1-2H3. The van der Waals surface area contributed by atoms with Crippen LogP contribution in [0.15, 0.2) is 200 Å². The van der Waals surface area contributed by atoms with E-state index < -0.39 is 0 Å². The highest BCUT2D eigenvalue weighted by Gasteiger charge is 2.36. The third-order valence-electron chi connectivity index (χ3n) is 12.0. The van der Waals surface area contributed by atoms with E-state index in [0.29, 0.717) is 0 Å². The predicted octanol–water partition coefficient (Wildman–Crippen LogP) is 15.4. The number of benzene rings is 9. The molecule has 2 nitrogen and oxygen atoms in total. The van der Waals surface area contributed by atoms with Crippen LogP contribution in [0.3, 0.4) is 0 Å².